The average molecular weight is 206 g/mol. The number of hydrogen-bond acceptors (Lipinski definition) is 1. The quantitative estimate of drug-likeness (QED) is 0.688. The van der Waals surface area contributed by atoms with Crippen LogP contribution in [0.15, 0.2) is 30.0 Å². The van der Waals surface area contributed by atoms with Crippen molar-refractivity contribution in [2.75, 3.05) is 6.61 Å². The van der Waals surface area contributed by atoms with Gasteiger partial charge in [0, 0.05) is 0 Å². The molecule has 0 amide bonds. The maximum atomic E-state index is 5.37. The van der Waals surface area contributed by atoms with Crippen LogP contribution in [-0.4, -0.2) is 15.4 Å². The van der Waals surface area contributed by atoms with Crippen molar-refractivity contribution in [2.45, 2.75) is 20.0 Å². The first-order valence-corrected chi connectivity index (χ1v) is 8.11. The van der Waals surface area contributed by atoms with Crippen LogP contribution >= 0.6 is 0 Å². The Kier molecular flexibility index (Phi) is 4.46. The van der Waals surface area contributed by atoms with Crippen LogP contribution in [-0.2, 0) is 0 Å². The molecular weight excluding hydrogens is 188 g/mol. The molecule has 0 aliphatic heterocycles. The Hall–Kier alpha value is -1.02. The molecule has 0 saturated carbocycles. The predicted molar refractivity (Wildman–Crippen MR) is 65.5 cm³/mol. The second-order valence-corrected chi connectivity index (χ2v) is 6.48. The third kappa shape index (κ3) is 3.79. The summed E-state index contributed by atoms with van der Waals surface area (Å²) in [4.78, 5) is 0. The number of ether oxygens (including phenoxy) is 1. The minimum Gasteiger partial charge on any atom is -0.494 e. The van der Waals surface area contributed by atoms with Gasteiger partial charge in [-0.25, -0.2) is 0 Å². The van der Waals surface area contributed by atoms with Crippen LogP contribution in [0.1, 0.15) is 12.5 Å². The average Bonchev–Trinajstić information content (AvgIpc) is 2.17. The third-order valence-corrected chi connectivity index (χ3v) is 2.83. The fourth-order valence-corrected chi connectivity index (χ4v) is 1.75. The molecule has 0 saturated heterocycles. The first-order valence-electron chi connectivity index (χ1n) is 5.13. The summed E-state index contributed by atoms with van der Waals surface area (Å²) in [6.07, 6.45) is 2.20. The van der Waals surface area contributed by atoms with Crippen molar-refractivity contribution in [2.24, 2.45) is 0 Å². The van der Waals surface area contributed by atoms with Gasteiger partial charge in [-0.15, -0.1) is 0 Å². The highest BCUT2D eigenvalue weighted by atomic mass is 28.3. The summed E-state index contributed by atoms with van der Waals surface area (Å²) >= 11 is 0. The minimum atomic E-state index is -0.578. The van der Waals surface area contributed by atoms with Crippen molar-refractivity contribution in [1.29, 1.82) is 0 Å². The lowest BCUT2D eigenvalue weighted by atomic mass is 10.2. The van der Waals surface area contributed by atoms with E-state index < -0.39 is 8.80 Å². The van der Waals surface area contributed by atoms with Crippen LogP contribution in [0.3, 0.4) is 0 Å². The van der Waals surface area contributed by atoms with Crippen molar-refractivity contribution in [3.05, 3.63) is 35.5 Å². The van der Waals surface area contributed by atoms with E-state index in [9.17, 15) is 0 Å². The summed E-state index contributed by atoms with van der Waals surface area (Å²) in [7, 11) is -0.578. The predicted octanol–water partition coefficient (Wildman–Crippen LogP) is 3.12. The number of rotatable bonds is 4. The largest absolute Gasteiger partial charge is 0.494 e. The second-order valence-electron chi connectivity index (χ2n) is 3.61. The van der Waals surface area contributed by atoms with E-state index in [2.05, 4.69) is 37.0 Å². The Bertz CT molecular complexity index is 288. The van der Waals surface area contributed by atoms with Gasteiger partial charge in [0.05, 0.1) is 15.4 Å². The van der Waals surface area contributed by atoms with Crippen molar-refractivity contribution in [3.63, 3.8) is 0 Å². The molecular formula is C12H18OSi. The van der Waals surface area contributed by atoms with Gasteiger partial charge in [-0.1, -0.05) is 37.0 Å². The highest BCUT2D eigenvalue weighted by Gasteiger charge is 1.92. The first kappa shape index (κ1) is 11.1. The maximum Gasteiger partial charge on any atom is 0.119 e. The van der Waals surface area contributed by atoms with Gasteiger partial charge in [-0.05, 0) is 24.6 Å². The van der Waals surface area contributed by atoms with E-state index >= 15 is 0 Å². The molecule has 1 aromatic rings. The van der Waals surface area contributed by atoms with E-state index in [0.29, 0.717) is 0 Å². The van der Waals surface area contributed by atoms with E-state index in [1.807, 2.05) is 19.1 Å². The molecule has 76 valence electrons. The van der Waals surface area contributed by atoms with E-state index in [4.69, 9.17) is 4.74 Å². The molecule has 0 fully saturated rings. The normalized spacial score (nSPS) is 11.1. The van der Waals surface area contributed by atoms with Crippen LogP contribution in [0.25, 0.3) is 6.08 Å². The Morgan fingerprint density at radius 2 is 1.86 bits per heavy atom. The van der Waals surface area contributed by atoms with E-state index in [-0.39, 0.29) is 0 Å². The SMILES string of the molecule is CCOc1ccc(C=C[SiH](C)C)cc1. The highest BCUT2D eigenvalue weighted by molar-refractivity contribution is 6.62. The molecule has 0 atom stereocenters. The molecule has 0 unspecified atom stereocenters. The molecule has 1 nitrogen and oxygen atoms in total. The standard InChI is InChI=1S/C12H18OSi/c1-4-13-12-7-5-11(6-8-12)9-10-14(2)3/h5-10,14H,4H2,1-3H3. The molecule has 2 heteroatoms. The minimum absolute atomic E-state index is 0.578. The molecule has 0 spiro atoms. The zero-order valence-electron chi connectivity index (χ0n) is 9.16. The van der Waals surface area contributed by atoms with Crippen molar-refractivity contribution < 1.29 is 4.74 Å². The van der Waals surface area contributed by atoms with E-state index in [1.165, 1.54) is 5.56 Å². The lowest BCUT2D eigenvalue weighted by molar-refractivity contribution is 0.340. The van der Waals surface area contributed by atoms with Crippen LogP contribution in [0.5, 0.6) is 5.75 Å². The molecule has 0 radical (unpaired) electrons. The van der Waals surface area contributed by atoms with Crippen molar-refractivity contribution >= 4 is 14.9 Å². The molecule has 0 aromatic heterocycles. The molecule has 0 aliphatic carbocycles. The molecule has 0 N–H and O–H groups in total. The third-order valence-electron chi connectivity index (χ3n) is 1.86. The lowest BCUT2D eigenvalue weighted by Gasteiger charge is -2.02. The fourth-order valence-electron chi connectivity index (χ4n) is 1.15. The summed E-state index contributed by atoms with van der Waals surface area (Å²) in [5.74, 6) is 0.950. The Labute approximate surface area is 88.0 Å². The van der Waals surface area contributed by atoms with Gasteiger partial charge in [-0.3, -0.25) is 0 Å². The lowest BCUT2D eigenvalue weighted by Crippen LogP contribution is -1.92. The van der Waals surface area contributed by atoms with Gasteiger partial charge < -0.3 is 4.74 Å². The smallest absolute Gasteiger partial charge is 0.119 e. The molecule has 0 heterocycles. The molecule has 14 heavy (non-hydrogen) atoms. The molecule has 1 rings (SSSR count). The molecule has 1 aromatic carbocycles. The van der Waals surface area contributed by atoms with Crippen molar-refractivity contribution in [1.82, 2.24) is 0 Å². The number of benzene rings is 1. The molecule has 0 aliphatic rings. The number of hydrogen-bond donors (Lipinski definition) is 0. The topological polar surface area (TPSA) is 9.23 Å². The maximum absolute atomic E-state index is 5.37. The molecule has 0 bridgehead atoms. The van der Waals surface area contributed by atoms with Gasteiger partial charge in [0.15, 0.2) is 0 Å². The van der Waals surface area contributed by atoms with Gasteiger partial charge in [-0.2, -0.15) is 0 Å². The highest BCUT2D eigenvalue weighted by Crippen LogP contribution is 2.13. The Balaban J connectivity index is 2.64. The van der Waals surface area contributed by atoms with Crippen LogP contribution in [0, 0.1) is 0 Å². The summed E-state index contributed by atoms with van der Waals surface area (Å²) in [6.45, 7) is 7.35. The van der Waals surface area contributed by atoms with Crippen LogP contribution < -0.4 is 4.74 Å². The zero-order chi connectivity index (χ0) is 10.4. The monoisotopic (exact) mass is 206 g/mol. The Morgan fingerprint density at radius 1 is 1.21 bits per heavy atom. The van der Waals surface area contributed by atoms with Crippen LogP contribution in [0.2, 0.25) is 13.1 Å². The summed E-state index contributed by atoms with van der Waals surface area (Å²) < 4.78 is 5.37. The van der Waals surface area contributed by atoms with Gasteiger partial charge in [0.2, 0.25) is 0 Å². The zero-order valence-corrected chi connectivity index (χ0v) is 10.3. The second kappa shape index (κ2) is 5.65. The van der Waals surface area contributed by atoms with Crippen LogP contribution in [0.4, 0.5) is 0 Å². The summed E-state index contributed by atoms with van der Waals surface area (Å²) in [5, 5.41) is 0. The Morgan fingerprint density at radius 3 is 2.36 bits per heavy atom. The van der Waals surface area contributed by atoms with Gasteiger partial charge >= 0.3 is 0 Å². The van der Waals surface area contributed by atoms with Gasteiger partial charge in [0.25, 0.3) is 0 Å². The van der Waals surface area contributed by atoms with E-state index in [0.717, 1.165) is 12.4 Å². The first-order chi connectivity index (χ1) is 6.72. The van der Waals surface area contributed by atoms with E-state index in [1.54, 1.807) is 0 Å². The fraction of sp³-hybridized carbons (Fsp3) is 0.333. The van der Waals surface area contributed by atoms with Crippen molar-refractivity contribution in [3.8, 4) is 5.75 Å². The summed E-state index contributed by atoms with van der Waals surface area (Å²) in [5.41, 5.74) is 3.59. The van der Waals surface area contributed by atoms with Gasteiger partial charge in [0.1, 0.15) is 5.75 Å². The summed E-state index contributed by atoms with van der Waals surface area (Å²) in [6, 6.07) is 8.23.